The molecule has 0 saturated heterocycles. The van der Waals surface area contributed by atoms with Gasteiger partial charge in [-0.3, -0.25) is 0 Å². The highest BCUT2D eigenvalue weighted by molar-refractivity contribution is 4.72. The van der Waals surface area contributed by atoms with Crippen LogP contribution in [0.1, 0.15) is 13.3 Å². The van der Waals surface area contributed by atoms with Crippen molar-refractivity contribution in [1.29, 1.82) is 0 Å². The minimum atomic E-state index is -1.21. The predicted molar refractivity (Wildman–Crippen MR) is 47.7 cm³/mol. The van der Waals surface area contributed by atoms with Crippen LogP contribution in [-0.2, 0) is 0 Å². The van der Waals surface area contributed by atoms with Crippen LogP contribution in [0.5, 0.6) is 0 Å². The van der Waals surface area contributed by atoms with Crippen molar-refractivity contribution in [3.05, 3.63) is 0 Å². The van der Waals surface area contributed by atoms with Gasteiger partial charge in [-0.2, -0.15) is 0 Å². The van der Waals surface area contributed by atoms with Crippen molar-refractivity contribution < 1.29 is 9.50 Å². The van der Waals surface area contributed by atoms with Gasteiger partial charge >= 0.3 is 0 Å². The second-order valence-electron chi connectivity index (χ2n) is 3.51. The number of aliphatic hydroxyl groups is 1. The smallest absolute Gasteiger partial charge is 0.127 e. The van der Waals surface area contributed by atoms with Crippen molar-refractivity contribution in [2.24, 2.45) is 5.73 Å². The second-order valence-corrected chi connectivity index (χ2v) is 3.51. The fourth-order valence-corrected chi connectivity index (χ4v) is 1.03. The van der Waals surface area contributed by atoms with Gasteiger partial charge in [0, 0.05) is 12.6 Å². The van der Waals surface area contributed by atoms with Crippen LogP contribution in [0.3, 0.4) is 0 Å². The van der Waals surface area contributed by atoms with Crippen LogP contribution >= 0.6 is 0 Å². The van der Waals surface area contributed by atoms with Crippen LogP contribution in [0.25, 0.3) is 0 Å². The molecule has 0 aromatic carbocycles. The zero-order chi connectivity index (χ0) is 9.72. The SMILES string of the molecule is C[C@@H](O)[C@@H](F)C[C@@H](N)CN(C)C. The maximum Gasteiger partial charge on any atom is 0.127 e. The van der Waals surface area contributed by atoms with E-state index in [2.05, 4.69) is 0 Å². The molecule has 12 heavy (non-hydrogen) atoms. The first-order valence-corrected chi connectivity index (χ1v) is 4.16. The topological polar surface area (TPSA) is 49.5 Å². The predicted octanol–water partition coefficient (Wildman–Crippen LogP) is -0.0157. The highest BCUT2D eigenvalue weighted by Gasteiger charge is 2.17. The molecule has 0 aliphatic rings. The van der Waals surface area contributed by atoms with Crippen LogP contribution < -0.4 is 5.73 Å². The maximum atomic E-state index is 12.9. The summed E-state index contributed by atoms with van der Waals surface area (Å²) >= 11 is 0. The lowest BCUT2D eigenvalue weighted by molar-refractivity contribution is 0.0812. The van der Waals surface area contributed by atoms with Crippen LogP contribution in [-0.4, -0.2) is 49.0 Å². The van der Waals surface area contributed by atoms with Crippen LogP contribution in [0.15, 0.2) is 0 Å². The molecule has 0 amide bonds. The maximum absolute atomic E-state index is 12.9. The molecule has 4 heteroatoms. The summed E-state index contributed by atoms with van der Waals surface area (Å²) < 4.78 is 12.9. The van der Waals surface area contributed by atoms with Gasteiger partial charge in [-0.15, -0.1) is 0 Å². The average Bonchev–Trinajstić information content (AvgIpc) is 1.84. The Morgan fingerprint density at radius 3 is 2.33 bits per heavy atom. The molecule has 0 fully saturated rings. The summed E-state index contributed by atoms with van der Waals surface area (Å²) in [5, 5.41) is 8.86. The third kappa shape index (κ3) is 5.46. The lowest BCUT2D eigenvalue weighted by atomic mass is 10.1. The van der Waals surface area contributed by atoms with E-state index in [-0.39, 0.29) is 12.5 Å². The minimum absolute atomic E-state index is 0.204. The molecular weight excluding hydrogens is 159 g/mol. The fraction of sp³-hybridized carbons (Fsp3) is 1.00. The van der Waals surface area contributed by atoms with Gasteiger partial charge in [0.2, 0.25) is 0 Å². The molecule has 3 atom stereocenters. The van der Waals surface area contributed by atoms with E-state index in [0.717, 1.165) is 0 Å². The van der Waals surface area contributed by atoms with E-state index in [1.807, 2.05) is 19.0 Å². The van der Waals surface area contributed by atoms with Crippen LogP contribution in [0.4, 0.5) is 4.39 Å². The molecule has 3 N–H and O–H groups in total. The highest BCUT2D eigenvalue weighted by Crippen LogP contribution is 2.06. The van der Waals surface area contributed by atoms with Gasteiger partial charge in [0.15, 0.2) is 0 Å². The second kappa shape index (κ2) is 5.45. The molecule has 0 aromatic heterocycles. The van der Waals surface area contributed by atoms with E-state index in [1.165, 1.54) is 6.92 Å². The Morgan fingerprint density at radius 2 is 2.00 bits per heavy atom. The fourth-order valence-electron chi connectivity index (χ4n) is 1.03. The minimum Gasteiger partial charge on any atom is -0.390 e. The Bertz CT molecular complexity index is 120. The first-order valence-electron chi connectivity index (χ1n) is 4.16. The van der Waals surface area contributed by atoms with Gasteiger partial charge in [0.1, 0.15) is 6.17 Å². The lowest BCUT2D eigenvalue weighted by Gasteiger charge is -2.19. The van der Waals surface area contributed by atoms with Crippen LogP contribution in [0, 0.1) is 0 Å². The van der Waals surface area contributed by atoms with Gasteiger partial charge < -0.3 is 15.7 Å². The van der Waals surface area contributed by atoms with E-state index in [4.69, 9.17) is 10.8 Å². The van der Waals surface area contributed by atoms with E-state index in [1.54, 1.807) is 0 Å². The van der Waals surface area contributed by atoms with Gasteiger partial charge in [-0.25, -0.2) is 4.39 Å². The number of nitrogens with zero attached hydrogens (tertiary/aromatic N) is 1. The van der Waals surface area contributed by atoms with Crippen molar-refractivity contribution in [1.82, 2.24) is 4.90 Å². The summed E-state index contributed by atoms with van der Waals surface area (Å²) in [7, 11) is 3.77. The number of alkyl halides is 1. The number of rotatable bonds is 5. The standard InChI is InChI=1S/C8H19FN2O/c1-6(12)8(9)4-7(10)5-11(2)3/h6-8,12H,4-5,10H2,1-3H3/t6-,7-,8+/m1/s1. The number of hydrogen-bond donors (Lipinski definition) is 2. The highest BCUT2D eigenvalue weighted by atomic mass is 19.1. The monoisotopic (exact) mass is 178 g/mol. The van der Waals surface area contributed by atoms with E-state index in [0.29, 0.717) is 6.54 Å². The normalized spacial score (nSPS) is 19.2. The summed E-state index contributed by atoms with van der Waals surface area (Å²) in [6, 6.07) is -0.204. The first kappa shape index (κ1) is 11.8. The Hall–Kier alpha value is -0.190. The molecule has 0 saturated carbocycles. The molecular formula is C8H19FN2O. The first-order chi connectivity index (χ1) is 5.43. The van der Waals surface area contributed by atoms with E-state index < -0.39 is 12.3 Å². The lowest BCUT2D eigenvalue weighted by Crippen LogP contribution is -2.37. The molecule has 0 aliphatic heterocycles. The van der Waals surface area contributed by atoms with Gasteiger partial charge in [-0.05, 0) is 27.4 Å². The van der Waals surface area contributed by atoms with E-state index >= 15 is 0 Å². The number of halogens is 1. The molecule has 3 nitrogen and oxygen atoms in total. The summed E-state index contributed by atoms with van der Waals surface area (Å²) in [6.45, 7) is 2.08. The molecule has 0 aliphatic carbocycles. The van der Waals surface area contributed by atoms with Crippen molar-refractivity contribution in [2.45, 2.75) is 31.7 Å². The summed E-state index contributed by atoms with van der Waals surface area (Å²) in [5.74, 6) is 0. The Labute approximate surface area is 73.4 Å². The summed E-state index contributed by atoms with van der Waals surface area (Å²) in [4.78, 5) is 1.90. The van der Waals surface area contributed by atoms with Crippen molar-refractivity contribution in [3.8, 4) is 0 Å². The molecule has 0 spiro atoms. The third-order valence-electron chi connectivity index (χ3n) is 1.65. The Balaban J connectivity index is 3.61. The number of aliphatic hydroxyl groups excluding tert-OH is 1. The number of nitrogens with two attached hydrogens (primary N) is 1. The molecule has 0 bridgehead atoms. The average molecular weight is 178 g/mol. The van der Waals surface area contributed by atoms with E-state index in [9.17, 15) is 4.39 Å². The van der Waals surface area contributed by atoms with Crippen molar-refractivity contribution >= 4 is 0 Å². The molecule has 0 aromatic rings. The Morgan fingerprint density at radius 1 is 1.50 bits per heavy atom. The van der Waals surface area contributed by atoms with Crippen molar-refractivity contribution in [2.75, 3.05) is 20.6 Å². The largest absolute Gasteiger partial charge is 0.390 e. The quantitative estimate of drug-likeness (QED) is 0.622. The third-order valence-corrected chi connectivity index (χ3v) is 1.65. The zero-order valence-electron chi connectivity index (χ0n) is 8.00. The molecule has 0 rings (SSSR count). The molecule has 74 valence electrons. The zero-order valence-corrected chi connectivity index (χ0v) is 8.00. The molecule has 0 heterocycles. The van der Waals surface area contributed by atoms with Crippen LogP contribution in [0.2, 0.25) is 0 Å². The number of hydrogen-bond acceptors (Lipinski definition) is 3. The summed E-state index contributed by atoms with van der Waals surface area (Å²) in [5.41, 5.74) is 5.62. The molecule has 0 unspecified atom stereocenters. The van der Waals surface area contributed by atoms with Gasteiger partial charge in [0.05, 0.1) is 6.10 Å². The Kier molecular flexibility index (Phi) is 5.37. The molecule has 0 radical (unpaired) electrons. The van der Waals surface area contributed by atoms with Gasteiger partial charge in [0.25, 0.3) is 0 Å². The van der Waals surface area contributed by atoms with Crippen molar-refractivity contribution in [3.63, 3.8) is 0 Å². The summed E-state index contributed by atoms with van der Waals surface area (Å²) in [6.07, 6.45) is -1.91. The number of likely N-dealkylation sites (N-methyl/N-ethyl adjacent to an activating group) is 1. The van der Waals surface area contributed by atoms with Gasteiger partial charge in [-0.1, -0.05) is 0 Å².